The molecule has 0 radical (unpaired) electrons. The molecule has 1 aromatic carbocycles. The second-order valence-corrected chi connectivity index (χ2v) is 4.76. The van der Waals surface area contributed by atoms with Gasteiger partial charge in [-0.3, -0.25) is 0 Å². The fourth-order valence-electron chi connectivity index (χ4n) is 1.78. The van der Waals surface area contributed by atoms with E-state index in [1.807, 2.05) is 19.1 Å². The summed E-state index contributed by atoms with van der Waals surface area (Å²) in [7, 11) is 0. The van der Waals surface area contributed by atoms with E-state index in [2.05, 4.69) is 13.8 Å². The highest BCUT2D eigenvalue weighted by molar-refractivity contribution is 6.32. The van der Waals surface area contributed by atoms with E-state index in [4.69, 9.17) is 22.1 Å². The third-order valence-corrected chi connectivity index (χ3v) is 3.29. The van der Waals surface area contributed by atoms with Crippen LogP contribution < -0.4 is 10.5 Å². The van der Waals surface area contributed by atoms with Crippen LogP contribution in [-0.2, 0) is 6.42 Å². The molecule has 1 aromatic rings. The fraction of sp³-hybridized carbons (Fsp3) is 0.571. The second-order valence-electron chi connectivity index (χ2n) is 4.35. The zero-order valence-corrected chi connectivity index (χ0v) is 11.7. The molecule has 0 aliphatic carbocycles. The Kier molecular flexibility index (Phi) is 5.79. The molecule has 0 amide bonds. The van der Waals surface area contributed by atoms with Gasteiger partial charge in [-0.25, -0.2) is 0 Å². The summed E-state index contributed by atoms with van der Waals surface area (Å²) in [5, 5.41) is 0.692. The third-order valence-electron chi connectivity index (χ3n) is 3.00. The fourth-order valence-corrected chi connectivity index (χ4v) is 2.02. The van der Waals surface area contributed by atoms with Crippen molar-refractivity contribution in [3.8, 4) is 5.75 Å². The van der Waals surface area contributed by atoms with Crippen LogP contribution in [0.5, 0.6) is 5.75 Å². The van der Waals surface area contributed by atoms with Crippen LogP contribution in [0, 0.1) is 6.92 Å². The lowest BCUT2D eigenvalue weighted by Gasteiger charge is -2.13. The van der Waals surface area contributed by atoms with Crippen molar-refractivity contribution in [3.63, 3.8) is 0 Å². The largest absolute Gasteiger partial charge is 0.492 e. The van der Waals surface area contributed by atoms with Gasteiger partial charge in [-0.05, 0) is 56.4 Å². The Morgan fingerprint density at radius 3 is 2.65 bits per heavy atom. The summed E-state index contributed by atoms with van der Waals surface area (Å²) in [4.78, 5) is 0. The van der Waals surface area contributed by atoms with Crippen molar-refractivity contribution in [1.29, 1.82) is 0 Å². The molecular formula is C14H22ClNO. The number of nitrogens with two attached hydrogens (primary N) is 1. The quantitative estimate of drug-likeness (QED) is 0.841. The van der Waals surface area contributed by atoms with Gasteiger partial charge in [0.2, 0.25) is 0 Å². The molecule has 2 nitrogen and oxygen atoms in total. The van der Waals surface area contributed by atoms with Crippen LogP contribution in [0.3, 0.4) is 0 Å². The molecule has 1 unspecified atom stereocenters. The number of benzene rings is 1. The molecule has 0 aliphatic heterocycles. The van der Waals surface area contributed by atoms with Crippen LogP contribution in [0.2, 0.25) is 5.02 Å². The zero-order valence-electron chi connectivity index (χ0n) is 10.9. The van der Waals surface area contributed by atoms with Crippen LogP contribution >= 0.6 is 11.6 Å². The molecule has 0 spiro atoms. The van der Waals surface area contributed by atoms with Gasteiger partial charge in [-0.2, -0.15) is 0 Å². The van der Waals surface area contributed by atoms with Crippen LogP contribution in [-0.4, -0.2) is 12.6 Å². The van der Waals surface area contributed by atoms with E-state index in [0.29, 0.717) is 11.6 Å². The maximum absolute atomic E-state index is 6.17. The van der Waals surface area contributed by atoms with Crippen molar-refractivity contribution in [1.82, 2.24) is 0 Å². The van der Waals surface area contributed by atoms with E-state index in [1.165, 1.54) is 11.1 Å². The topological polar surface area (TPSA) is 35.2 Å². The molecule has 0 saturated heterocycles. The number of hydrogen-bond donors (Lipinski definition) is 1. The van der Waals surface area contributed by atoms with Crippen molar-refractivity contribution in [2.24, 2.45) is 5.73 Å². The number of aryl methyl sites for hydroxylation is 2. The van der Waals surface area contributed by atoms with Crippen molar-refractivity contribution in [3.05, 3.63) is 28.3 Å². The van der Waals surface area contributed by atoms with Crippen molar-refractivity contribution in [2.45, 2.75) is 46.1 Å². The molecule has 0 heterocycles. The number of hydrogen-bond acceptors (Lipinski definition) is 2. The highest BCUT2D eigenvalue weighted by Gasteiger charge is 2.08. The predicted octanol–water partition coefficient (Wildman–Crippen LogP) is 3.72. The van der Waals surface area contributed by atoms with E-state index >= 15 is 0 Å². The number of halogens is 1. The predicted molar refractivity (Wildman–Crippen MR) is 73.9 cm³/mol. The van der Waals surface area contributed by atoms with Gasteiger partial charge in [-0.15, -0.1) is 0 Å². The van der Waals surface area contributed by atoms with E-state index in [-0.39, 0.29) is 6.04 Å². The standard InChI is InChI=1S/C14H22ClNO/c1-4-12(16)7-6-11-9-13(15)14(17-5-2)8-10(11)3/h8-9,12H,4-7,16H2,1-3H3. The molecule has 17 heavy (non-hydrogen) atoms. The molecule has 1 atom stereocenters. The van der Waals surface area contributed by atoms with Gasteiger partial charge in [0.15, 0.2) is 0 Å². The normalized spacial score (nSPS) is 12.5. The second kappa shape index (κ2) is 6.87. The Morgan fingerprint density at radius 2 is 2.06 bits per heavy atom. The molecule has 0 aliphatic rings. The molecule has 96 valence electrons. The first-order valence-corrected chi connectivity index (χ1v) is 6.63. The average molecular weight is 256 g/mol. The molecule has 0 fully saturated rings. The monoisotopic (exact) mass is 255 g/mol. The van der Waals surface area contributed by atoms with Gasteiger partial charge < -0.3 is 10.5 Å². The van der Waals surface area contributed by atoms with Crippen molar-refractivity contribution in [2.75, 3.05) is 6.61 Å². The van der Waals surface area contributed by atoms with Crippen molar-refractivity contribution < 1.29 is 4.74 Å². The first-order chi connectivity index (χ1) is 8.08. The lowest BCUT2D eigenvalue weighted by atomic mass is 10.00. The minimum Gasteiger partial charge on any atom is -0.492 e. The summed E-state index contributed by atoms with van der Waals surface area (Å²) in [5.74, 6) is 0.773. The van der Waals surface area contributed by atoms with Crippen LogP contribution in [0.4, 0.5) is 0 Å². The number of rotatable bonds is 6. The first-order valence-electron chi connectivity index (χ1n) is 6.25. The third kappa shape index (κ3) is 4.21. The minimum absolute atomic E-state index is 0.278. The smallest absolute Gasteiger partial charge is 0.138 e. The lowest BCUT2D eigenvalue weighted by Crippen LogP contribution is -2.19. The molecule has 0 aromatic heterocycles. The molecular weight excluding hydrogens is 234 g/mol. The van der Waals surface area contributed by atoms with Gasteiger partial charge in [0.05, 0.1) is 11.6 Å². The van der Waals surface area contributed by atoms with Gasteiger partial charge in [0.1, 0.15) is 5.75 Å². The zero-order chi connectivity index (χ0) is 12.8. The SMILES string of the molecule is CCOc1cc(C)c(CCC(N)CC)cc1Cl. The molecule has 1 rings (SSSR count). The molecule has 2 N–H and O–H groups in total. The summed E-state index contributed by atoms with van der Waals surface area (Å²) in [6, 6.07) is 4.29. The average Bonchev–Trinajstić information content (AvgIpc) is 2.31. The summed E-state index contributed by atoms with van der Waals surface area (Å²) >= 11 is 6.17. The maximum Gasteiger partial charge on any atom is 0.138 e. The van der Waals surface area contributed by atoms with E-state index in [1.54, 1.807) is 0 Å². The summed E-state index contributed by atoms with van der Waals surface area (Å²) in [6.07, 6.45) is 3.00. The Balaban J connectivity index is 2.77. The van der Waals surface area contributed by atoms with E-state index in [9.17, 15) is 0 Å². The van der Waals surface area contributed by atoms with Crippen LogP contribution in [0.1, 0.15) is 37.8 Å². The summed E-state index contributed by atoms with van der Waals surface area (Å²) in [6.45, 7) is 6.80. The highest BCUT2D eigenvalue weighted by Crippen LogP contribution is 2.29. The summed E-state index contributed by atoms with van der Waals surface area (Å²) < 4.78 is 5.46. The van der Waals surface area contributed by atoms with Gasteiger partial charge in [0, 0.05) is 6.04 Å². The molecule has 0 bridgehead atoms. The Labute approximate surface area is 109 Å². The highest BCUT2D eigenvalue weighted by atomic mass is 35.5. The van der Waals surface area contributed by atoms with Gasteiger partial charge in [0.25, 0.3) is 0 Å². The summed E-state index contributed by atoms with van der Waals surface area (Å²) in [5.41, 5.74) is 8.42. The van der Waals surface area contributed by atoms with E-state index < -0.39 is 0 Å². The lowest BCUT2D eigenvalue weighted by molar-refractivity contribution is 0.340. The van der Waals surface area contributed by atoms with Gasteiger partial charge in [-0.1, -0.05) is 18.5 Å². The maximum atomic E-state index is 6.17. The Bertz CT molecular complexity index is 365. The minimum atomic E-state index is 0.278. The Hall–Kier alpha value is -0.730. The number of ether oxygens (including phenoxy) is 1. The van der Waals surface area contributed by atoms with E-state index in [0.717, 1.165) is 25.0 Å². The van der Waals surface area contributed by atoms with Crippen molar-refractivity contribution >= 4 is 11.6 Å². The van der Waals surface area contributed by atoms with Crippen LogP contribution in [0.25, 0.3) is 0 Å². The first kappa shape index (κ1) is 14.3. The molecule has 0 saturated carbocycles. The molecule has 3 heteroatoms. The Morgan fingerprint density at radius 1 is 1.35 bits per heavy atom. The van der Waals surface area contributed by atoms with Gasteiger partial charge >= 0.3 is 0 Å². The van der Waals surface area contributed by atoms with Crippen LogP contribution in [0.15, 0.2) is 12.1 Å².